The lowest BCUT2D eigenvalue weighted by Gasteiger charge is -2.13. The summed E-state index contributed by atoms with van der Waals surface area (Å²) in [6.45, 7) is 6.32. The lowest BCUT2D eigenvalue weighted by Crippen LogP contribution is -2.17. The van der Waals surface area contributed by atoms with Gasteiger partial charge in [0.15, 0.2) is 11.5 Å². The molecule has 2 rings (SSSR count). The van der Waals surface area contributed by atoms with Crippen molar-refractivity contribution in [3.63, 3.8) is 0 Å². The van der Waals surface area contributed by atoms with E-state index >= 15 is 0 Å². The number of ether oxygens (including phenoxy) is 2. The number of imide groups is 1. The first-order chi connectivity index (χ1) is 10.5. The Morgan fingerprint density at radius 1 is 1.32 bits per heavy atom. The van der Waals surface area contributed by atoms with E-state index in [0.717, 1.165) is 21.8 Å². The third kappa shape index (κ3) is 3.92. The number of nitrogens with one attached hydrogen (secondary N) is 1. The van der Waals surface area contributed by atoms with Crippen molar-refractivity contribution in [1.29, 1.82) is 0 Å². The van der Waals surface area contributed by atoms with Crippen molar-refractivity contribution < 1.29 is 19.1 Å². The lowest BCUT2D eigenvalue weighted by atomic mass is 10.2. The molecule has 0 bridgehead atoms. The van der Waals surface area contributed by atoms with Gasteiger partial charge >= 0.3 is 0 Å². The molecule has 0 aliphatic carbocycles. The number of benzene rings is 1. The molecule has 0 radical (unpaired) electrons. The Hall–Kier alpha value is -1.73. The highest BCUT2D eigenvalue weighted by molar-refractivity contribution is 9.10. The fraction of sp³-hybridized carbons (Fsp3) is 0.200. The van der Waals surface area contributed by atoms with Gasteiger partial charge in [0.25, 0.3) is 11.1 Å². The number of carbonyl (C=O) groups excluding carboxylic acids is 2. The summed E-state index contributed by atoms with van der Waals surface area (Å²) in [4.78, 5) is 23.2. The fourth-order valence-electron chi connectivity index (χ4n) is 1.75. The number of halogens is 1. The van der Waals surface area contributed by atoms with Crippen molar-refractivity contribution in [2.24, 2.45) is 0 Å². The summed E-state index contributed by atoms with van der Waals surface area (Å²) in [6.07, 6.45) is 3.28. The van der Waals surface area contributed by atoms with Gasteiger partial charge in [0.05, 0.1) is 11.5 Å². The molecule has 22 heavy (non-hydrogen) atoms. The fourth-order valence-corrected chi connectivity index (χ4v) is 2.86. The van der Waals surface area contributed by atoms with Gasteiger partial charge in [0, 0.05) is 4.47 Å². The lowest BCUT2D eigenvalue weighted by molar-refractivity contribution is -0.115. The van der Waals surface area contributed by atoms with Crippen LogP contribution in [-0.4, -0.2) is 24.4 Å². The second kappa shape index (κ2) is 7.51. The van der Waals surface area contributed by atoms with Crippen molar-refractivity contribution in [2.45, 2.75) is 6.92 Å². The van der Waals surface area contributed by atoms with E-state index in [1.807, 2.05) is 6.92 Å². The largest absolute Gasteiger partial charge is 0.490 e. The second-order valence-electron chi connectivity index (χ2n) is 4.21. The van der Waals surface area contributed by atoms with Crippen LogP contribution in [0.1, 0.15) is 12.5 Å². The minimum Gasteiger partial charge on any atom is -0.490 e. The molecule has 0 atom stereocenters. The van der Waals surface area contributed by atoms with Crippen molar-refractivity contribution in [1.82, 2.24) is 5.32 Å². The minimum atomic E-state index is -0.396. The average molecular weight is 384 g/mol. The topological polar surface area (TPSA) is 64.6 Å². The third-order valence-corrected chi connectivity index (χ3v) is 4.15. The van der Waals surface area contributed by atoms with Crippen LogP contribution in [-0.2, 0) is 4.79 Å². The van der Waals surface area contributed by atoms with E-state index < -0.39 is 5.91 Å². The van der Waals surface area contributed by atoms with Crippen LogP contribution < -0.4 is 14.8 Å². The van der Waals surface area contributed by atoms with E-state index in [1.165, 1.54) is 0 Å². The molecule has 1 aromatic carbocycles. The van der Waals surface area contributed by atoms with E-state index in [-0.39, 0.29) is 5.24 Å². The van der Waals surface area contributed by atoms with Crippen LogP contribution in [0, 0.1) is 0 Å². The molecule has 1 aliphatic heterocycles. The van der Waals surface area contributed by atoms with Gasteiger partial charge in [-0.2, -0.15) is 0 Å². The maximum absolute atomic E-state index is 11.6. The Bertz CT molecular complexity index is 657. The van der Waals surface area contributed by atoms with Gasteiger partial charge in [-0.25, -0.2) is 0 Å². The highest BCUT2D eigenvalue weighted by atomic mass is 79.9. The zero-order valence-electron chi connectivity index (χ0n) is 11.8. The molecule has 1 fully saturated rings. The van der Waals surface area contributed by atoms with Crippen LogP contribution in [0.4, 0.5) is 4.79 Å². The normalized spacial score (nSPS) is 15.8. The predicted octanol–water partition coefficient (Wildman–Crippen LogP) is 3.74. The van der Waals surface area contributed by atoms with E-state index in [0.29, 0.717) is 29.6 Å². The summed E-state index contributed by atoms with van der Waals surface area (Å²) in [5.74, 6) is 0.747. The molecular weight excluding hydrogens is 370 g/mol. The first kappa shape index (κ1) is 16.6. The van der Waals surface area contributed by atoms with Crippen LogP contribution in [0.2, 0.25) is 0 Å². The van der Waals surface area contributed by atoms with Crippen molar-refractivity contribution in [2.75, 3.05) is 13.2 Å². The second-order valence-corrected chi connectivity index (χ2v) is 6.07. The molecule has 1 aromatic rings. The molecule has 5 nitrogen and oxygen atoms in total. The van der Waals surface area contributed by atoms with Crippen molar-refractivity contribution in [3.8, 4) is 11.5 Å². The molecule has 0 spiro atoms. The summed E-state index contributed by atoms with van der Waals surface area (Å²) in [6, 6.07) is 3.52. The minimum absolute atomic E-state index is 0.341. The molecule has 1 aliphatic rings. The quantitative estimate of drug-likeness (QED) is 0.598. The maximum Gasteiger partial charge on any atom is 0.290 e. The Balaban J connectivity index is 2.37. The Morgan fingerprint density at radius 3 is 2.64 bits per heavy atom. The Morgan fingerprint density at radius 2 is 2.05 bits per heavy atom. The van der Waals surface area contributed by atoms with Crippen molar-refractivity contribution in [3.05, 3.63) is 39.7 Å². The van der Waals surface area contributed by atoms with Gasteiger partial charge < -0.3 is 9.47 Å². The number of carbonyl (C=O) groups is 2. The highest BCUT2D eigenvalue weighted by Crippen LogP contribution is 2.36. The molecule has 2 amide bonds. The molecule has 1 heterocycles. The standard InChI is InChI=1S/C15H14BrNO4S/c1-3-5-21-12-8-10(16)9(6-11(12)20-4-2)7-13-14(18)17-15(19)22-13/h3,6-8H,1,4-5H2,2H3,(H,17,18,19). The van der Waals surface area contributed by atoms with Crippen LogP contribution in [0.3, 0.4) is 0 Å². The number of hydrogen-bond donors (Lipinski definition) is 1. The maximum atomic E-state index is 11.6. The molecule has 1 saturated heterocycles. The number of thioether (sulfide) groups is 1. The van der Waals surface area contributed by atoms with Gasteiger partial charge in [0.2, 0.25) is 0 Å². The number of rotatable bonds is 6. The molecule has 1 N–H and O–H groups in total. The van der Waals surface area contributed by atoms with Crippen LogP contribution >= 0.6 is 27.7 Å². The van der Waals surface area contributed by atoms with Crippen molar-refractivity contribution >= 4 is 44.9 Å². The van der Waals surface area contributed by atoms with Gasteiger partial charge in [0.1, 0.15) is 6.61 Å². The Labute approximate surface area is 140 Å². The zero-order valence-corrected chi connectivity index (χ0v) is 14.3. The van der Waals surface area contributed by atoms with Gasteiger partial charge in [-0.1, -0.05) is 28.6 Å². The number of hydrogen-bond acceptors (Lipinski definition) is 5. The first-order valence-electron chi connectivity index (χ1n) is 6.50. The van der Waals surface area contributed by atoms with Crippen LogP contribution in [0.25, 0.3) is 6.08 Å². The molecular formula is C15H14BrNO4S. The van der Waals surface area contributed by atoms with E-state index in [1.54, 1.807) is 24.3 Å². The molecule has 0 saturated carbocycles. The first-order valence-corrected chi connectivity index (χ1v) is 8.11. The molecule has 116 valence electrons. The zero-order chi connectivity index (χ0) is 16.1. The molecule has 0 unspecified atom stereocenters. The van der Waals surface area contributed by atoms with E-state index in [9.17, 15) is 9.59 Å². The van der Waals surface area contributed by atoms with Gasteiger partial charge in [-0.3, -0.25) is 14.9 Å². The highest BCUT2D eigenvalue weighted by Gasteiger charge is 2.25. The van der Waals surface area contributed by atoms with E-state index in [2.05, 4.69) is 27.8 Å². The molecule has 0 aromatic heterocycles. The summed E-state index contributed by atoms with van der Waals surface area (Å²) >= 11 is 4.30. The SMILES string of the molecule is C=CCOc1cc(Br)c(C=C2SC(=O)NC2=O)cc1OCC. The summed E-state index contributed by atoms with van der Waals surface area (Å²) in [5.41, 5.74) is 0.724. The monoisotopic (exact) mass is 383 g/mol. The average Bonchev–Trinajstić information content (AvgIpc) is 2.79. The van der Waals surface area contributed by atoms with Crippen LogP contribution in [0.15, 0.2) is 34.2 Å². The van der Waals surface area contributed by atoms with Gasteiger partial charge in [-0.05, 0) is 42.5 Å². The third-order valence-electron chi connectivity index (χ3n) is 2.65. The van der Waals surface area contributed by atoms with E-state index in [4.69, 9.17) is 9.47 Å². The van der Waals surface area contributed by atoms with Crippen LogP contribution in [0.5, 0.6) is 11.5 Å². The molecule has 7 heteroatoms. The Kier molecular flexibility index (Phi) is 5.68. The van der Waals surface area contributed by atoms with Gasteiger partial charge in [-0.15, -0.1) is 0 Å². The summed E-state index contributed by atoms with van der Waals surface area (Å²) < 4.78 is 11.8. The predicted molar refractivity (Wildman–Crippen MR) is 90.1 cm³/mol. The smallest absolute Gasteiger partial charge is 0.290 e. The summed E-state index contributed by atoms with van der Waals surface area (Å²) in [5, 5.41) is 1.85. The number of amides is 2. The summed E-state index contributed by atoms with van der Waals surface area (Å²) in [7, 11) is 0.